The number of rotatable bonds is 0. The van der Waals surface area contributed by atoms with E-state index >= 15 is 0 Å². The lowest BCUT2D eigenvalue weighted by molar-refractivity contribution is -0.670. The summed E-state index contributed by atoms with van der Waals surface area (Å²) in [5.41, 5.74) is 0. The normalized spacial score (nSPS) is 10.8. The lowest BCUT2D eigenvalue weighted by Gasteiger charge is -1.94. The Bertz CT molecular complexity index is 464. The molecule has 0 aliphatic carbocycles. The van der Waals surface area contributed by atoms with E-state index in [0.717, 1.165) is 0 Å². The zero-order valence-electron chi connectivity index (χ0n) is 8.58. The molecule has 0 spiro atoms. The molecule has 0 unspecified atom stereocenters. The number of hydrogen-bond acceptors (Lipinski definition) is 0. The van der Waals surface area contributed by atoms with Gasteiger partial charge >= 0.3 is 7.25 Å². The first kappa shape index (κ1) is 12.5. The maximum absolute atomic E-state index is 9.75. The third-order valence-corrected chi connectivity index (χ3v) is 1.83. The molecule has 16 heavy (non-hydrogen) atoms. The number of aromatic nitrogens is 1. The van der Waals surface area contributed by atoms with Crippen LogP contribution in [0.15, 0.2) is 42.7 Å². The van der Waals surface area contributed by atoms with Crippen molar-refractivity contribution in [1.29, 1.82) is 0 Å². The summed E-state index contributed by atoms with van der Waals surface area (Å²) in [7, 11) is -3.97. The van der Waals surface area contributed by atoms with Gasteiger partial charge in [0.15, 0.2) is 12.4 Å². The number of benzene rings is 1. The number of pyridine rings is 1. The second-order valence-corrected chi connectivity index (χ2v) is 3.23. The Morgan fingerprint density at radius 2 is 1.44 bits per heavy atom. The van der Waals surface area contributed by atoms with Crippen molar-refractivity contribution in [3.05, 3.63) is 42.7 Å². The third kappa shape index (κ3) is 4.77. The molecule has 0 aliphatic rings. The van der Waals surface area contributed by atoms with Crippen LogP contribution in [0.4, 0.5) is 17.3 Å². The molecule has 0 saturated carbocycles. The van der Waals surface area contributed by atoms with Crippen molar-refractivity contribution < 1.29 is 21.8 Å². The average Bonchev–Trinajstić information content (AvgIpc) is 2.15. The van der Waals surface area contributed by atoms with Crippen molar-refractivity contribution in [1.82, 2.24) is 0 Å². The van der Waals surface area contributed by atoms with Gasteiger partial charge < -0.3 is 17.3 Å². The van der Waals surface area contributed by atoms with Gasteiger partial charge in [-0.3, -0.25) is 0 Å². The van der Waals surface area contributed by atoms with Crippen LogP contribution in [0.2, 0.25) is 0 Å². The first-order valence-electron chi connectivity index (χ1n) is 4.57. The van der Waals surface area contributed by atoms with Gasteiger partial charge in [0.1, 0.15) is 7.05 Å². The van der Waals surface area contributed by atoms with Crippen molar-refractivity contribution in [2.24, 2.45) is 7.05 Å². The molecule has 1 aromatic heterocycles. The van der Waals surface area contributed by atoms with Crippen LogP contribution in [0.25, 0.3) is 10.8 Å². The number of nitrogens with zero attached hydrogens (tertiary/aromatic N) is 1. The Morgan fingerprint density at radius 1 is 0.938 bits per heavy atom. The molecule has 2 aromatic rings. The summed E-state index contributed by atoms with van der Waals surface area (Å²) in [4.78, 5) is 0. The van der Waals surface area contributed by atoms with Crippen molar-refractivity contribution in [2.45, 2.75) is 0 Å². The maximum atomic E-state index is 9.75. The highest BCUT2D eigenvalue weighted by atomic mass is 19.5. The highest BCUT2D eigenvalue weighted by Crippen LogP contribution is 2.08. The van der Waals surface area contributed by atoms with Crippen molar-refractivity contribution in [3.8, 4) is 0 Å². The molecule has 1 nitrogen and oxygen atoms in total. The van der Waals surface area contributed by atoms with Crippen molar-refractivity contribution >= 4 is 18.0 Å². The zero-order chi connectivity index (χ0) is 12.2. The number of fused-ring (bicyclic) bond motifs is 1. The van der Waals surface area contributed by atoms with E-state index in [2.05, 4.69) is 47.3 Å². The fraction of sp³-hybridized carbons (Fsp3) is 0.100. The Morgan fingerprint density at radius 3 is 2.00 bits per heavy atom. The molecule has 6 heteroatoms. The molecule has 0 atom stereocenters. The van der Waals surface area contributed by atoms with Gasteiger partial charge in [-0.25, -0.2) is 4.57 Å². The van der Waals surface area contributed by atoms with E-state index in [0.29, 0.717) is 0 Å². The highest BCUT2D eigenvalue weighted by Gasteiger charge is 2.20. The van der Waals surface area contributed by atoms with E-state index in [1.54, 1.807) is 0 Å². The summed E-state index contributed by atoms with van der Waals surface area (Å²) in [6.07, 6.45) is 4.18. The van der Waals surface area contributed by atoms with Crippen LogP contribution >= 0.6 is 0 Å². The topological polar surface area (TPSA) is 3.88 Å². The molecule has 0 saturated heterocycles. The lowest BCUT2D eigenvalue weighted by atomic mass is 10.2. The van der Waals surface area contributed by atoms with Gasteiger partial charge in [-0.05, 0) is 11.5 Å². The molecule has 0 amide bonds. The van der Waals surface area contributed by atoms with Crippen LogP contribution in [0.1, 0.15) is 0 Å². The molecule has 1 heterocycles. The highest BCUT2D eigenvalue weighted by molar-refractivity contribution is 6.50. The number of hydrogen-bond donors (Lipinski definition) is 0. The van der Waals surface area contributed by atoms with Crippen LogP contribution in [0.3, 0.4) is 0 Å². The molecular formula is C10H10BF4N. The summed E-state index contributed by atoms with van der Waals surface area (Å²) >= 11 is 0. The summed E-state index contributed by atoms with van der Waals surface area (Å²) in [5.74, 6) is 0. The van der Waals surface area contributed by atoms with Crippen LogP contribution in [-0.4, -0.2) is 7.25 Å². The lowest BCUT2D eigenvalue weighted by Crippen LogP contribution is -2.25. The van der Waals surface area contributed by atoms with E-state index < -0.39 is 7.25 Å². The average molecular weight is 231 g/mol. The van der Waals surface area contributed by atoms with E-state index in [1.165, 1.54) is 10.8 Å². The standard InChI is InChI=1S/C10H10N.BF4/c1-11-7-6-9-4-2-3-5-10(9)8-11;2-1(3,4)5/h2-8H,1H3;/q+1;-1. The van der Waals surface area contributed by atoms with Crippen molar-refractivity contribution in [2.75, 3.05) is 0 Å². The molecule has 2 rings (SSSR count). The molecule has 0 radical (unpaired) electrons. The molecule has 0 N–H and O–H groups in total. The molecular weight excluding hydrogens is 221 g/mol. The monoisotopic (exact) mass is 231 g/mol. The maximum Gasteiger partial charge on any atom is 0.673 e. The number of aryl methyl sites for hydroxylation is 1. The minimum absolute atomic E-state index is 1.29. The third-order valence-electron chi connectivity index (χ3n) is 1.83. The Labute approximate surface area is 90.4 Å². The SMILES string of the molecule is C[n+]1ccc2ccccc2c1.F[B-](F)(F)F. The zero-order valence-corrected chi connectivity index (χ0v) is 8.58. The van der Waals surface area contributed by atoms with Crippen LogP contribution in [-0.2, 0) is 7.05 Å². The van der Waals surface area contributed by atoms with Crippen LogP contribution < -0.4 is 4.57 Å². The second kappa shape index (κ2) is 4.96. The van der Waals surface area contributed by atoms with Gasteiger partial charge in [-0.15, -0.1) is 0 Å². The van der Waals surface area contributed by atoms with E-state index in [9.17, 15) is 17.3 Å². The van der Waals surface area contributed by atoms with Gasteiger partial charge in [-0.2, -0.15) is 0 Å². The molecule has 1 aromatic carbocycles. The summed E-state index contributed by atoms with van der Waals surface area (Å²) in [6, 6.07) is 10.5. The first-order valence-corrected chi connectivity index (χ1v) is 4.57. The second-order valence-electron chi connectivity index (χ2n) is 3.23. The summed E-state index contributed by atoms with van der Waals surface area (Å²) in [5, 5.41) is 2.59. The van der Waals surface area contributed by atoms with Gasteiger partial charge in [-0.1, -0.05) is 18.2 Å². The fourth-order valence-electron chi connectivity index (χ4n) is 1.24. The minimum Gasteiger partial charge on any atom is -0.418 e. The van der Waals surface area contributed by atoms with E-state index in [-0.39, 0.29) is 0 Å². The minimum atomic E-state index is -6.00. The van der Waals surface area contributed by atoms with E-state index in [1.807, 2.05) is 7.05 Å². The first-order chi connectivity index (χ1) is 7.36. The predicted molar refractivity (Wildman–Crippen MR) is 55.3 cm³/mol. The quantitative estimate of drug-likeness (QED) is 0.372. The van der Waals surface area contributed by atoms with Crippen molar-refractivity contribution in [3.63, 3.8) is 0 Å². The number of halogens is 4. The Balaban J connectivity index is 0.000000221. The largest absolute Gasteiger partial charge is 0.673 e. The smallest absolute Gasteiger partial charge is 0.418 e. The van der Waals surface area contributed by atoms with E-state index in [4.69, 9.17) is 0 Å². The van der Waals surface area contributed by atoms with Crippen LogP contribution in [0, 0.1) is 0 Å². The summed E-state index contributed by atoms with van der Waals surface area (Å²) < 4.78 is 41.1. The molecule has 0 aliphatic heterocycles. The Hall–Kier alpha value is -1.59. The van der Waals surface area contributed by atoms with Crippen LogP contribution in [0.5, 0.6) is 0 Å². The Kier molecular flexibility index (Phi) is 3.87. The van der Waals surface area contributed by atoms with Gasteiger partial charge in [0.05, 0.1) is 0 Å². The molecule has 86 valence electrons. The summed E-state index contributed by atoms with van der Waals surface area (Å²) in [6.45, 7) is 0. The van der Waals surface area contributed by atoms with Gasteiger partial charge in [0.25, 0.3) is 0 Å². The predicted octanol–water partition coefficient (Wildman–Crippen LogP) is 2.96. The molecule has 0 bridgehead atoms. The fourth-order valence-corrected chi connectivity index (χ4v) is 1.24. The van der Waals surface area contributed by atoms with Gasteiger partial charge in [0, 0.05) is 11.5 Å². The van der Waals surface area contributed by atoms with Gasteiger partial charge in [0.2, 0.25) is 0 Å². The molecule has 0 fully saturated rings.